The molecular weight excluding hydrogens is 343 g/mol. The monoisotopic (exact) mass is 358 g/mol. The summed E-state index contributed by atoms with van der Waals surface area (Å²) in [5.74, 6) is -1.81. The third-order valence-electron chi connectivity index (χ3n) is 3.79. The average molecular weight is 358 g/mol. The molecule has 0 aliphatic carbocycles. The summed E-state index contributed by atoms with van der Waals surface area (Å²) >= 11 is 1.17. The van der Waals surface area contributed by atoms with Crippen molar-refractivity contribution in [2.45, 2.75) is 13.8 Å². The third-order valence-corrected chi connectivity index (χ3v) is 4.55. The van der Waals surface area contributed by atoms with Gasteiger partial charge in [-0.05, 0) is 26.0 Å². The Bertz CT molecular complexity index is 977. The largest absolute Gasteiger partial charge is 0.298 e. The van der Waals surface area contributed by atoms with Gasteiger partial charge >= 0.3 is 0 Å². The molecule has 0 spiro atoms. The van der Waals surface area contributed by atoms with Gasteiger partial charge in [0.25, 0.3) is 11.7 Å². The molecule has 2 heterocycles. The molecule has 128 valence electrons. The highest BCUT2D eigenvalue weighted by Gasteiger charge is 2.24. The lowest BCUT2D eigenvalue weighted by molar-refractivity contribution is -0.112. The molecule has 0 fully saturated rings. The van der Waals surface area contributed by atoms with E-state index in [0.717, 1.165) is 0 Å². The Morgan fingerprint density at radius 1 is 1.28 bits per heavy atom. The lowest BCUT2D eigenvalue weighted by Gasteiger charge is -2.02. The maximum Gasteiger partial charge on any atom is 0.298 e. The zero-order valence-electron chi connectivity index (χ0n) is 13.8. The van der Waals surface area contributed by atoms with Crippen molar-refractivity contribution in [2.24, 2.45) is 7.05 Å². The van der Waals surface area contributed by atoms with Crippen LogP contribution in [0.2, 0.25) is 0 Å². The first-order valence-electron chi connectivity index (χ1n) is 7.44. The number of carbonyl (C=O) groups excluding carboxylic acids is 2. The number of anilines is 1. The Morgan fingerprint density at radius 3 is 2.68 bits per heavy atom. The molecule has 0 unspecified atom stereocenters. The van der Waals surface area contributed by atoms with Crippen molar-refractivity contribution in [2.75, 3.05) is 5.32 Å². The fourth-order valence-electron chi connectivity index (χ4n) is 2.48. The summed E-state index contributed by atoms with van der Waals surface area (Å²) < 4.78 is 14.9. The van der Waals surface area contributed by atoms with Gasteiger partial charge in [-0.2, -0.15) is 5.10 Å². The second-order valence-corrected chi connectivity index (χ2v) is 6.36. The minimum atomic E-state index is -0.778. The maximum atomic E-state index is 13.3. The highest BCUT2D eigenvalue weighted by atomic mass is 32.1. The molecule has 25 heavy (non-hydrogen) atoms. The van der Waals surface area contributed by atoms with E-state index in [1.54, 1.807) is 43.1 Å². The number of nitrogens with zero attached hydrogens (tertiary/aromatic N) is 3. The van der Waals surface area contributed by atoms with Crippen LogP contribution in [-0.4, -0.2) is 26.5 Å². The molecule has 1 N–H and O–H groups in total. The first-order chi connectivity index (χ1) is 11.9. The zero-order chi connectivity index (χ0) is 18.1. The van der Waals surface area contributed by atoms with Crippen LogP contribution in [-0.2, 0) is 11.8 Å². The van der Waals surface area contributed by atoms with E-state index in [4.69, 9.17) is 0 Å². The van der Waals surface area contributed by atoms with Gasteiger partial charge in [-0.3, -0.25) is 19.6 Å². The van der Waals surface area contributed by atoms with Crippen molar-refractivity contribution >= 4 is 28.2 Å². The Kier molecular flexibility index (Phi) is 4.45. The molecule has 0 atom stereocenters. The van der Waals surface area contributed by atoms with Gasteiger partial charge in [0.05, 0.1) is 17.0 Å². The standard InChI is InChI=1S/C17H15FN4O2S/c1-9-14(10(2)22(3)21-9)15(23)16(24)20-17-19-13(8-25-17)11-5-4-6-12(18)7-11/h4-8H,1-3H3,(H,19,20,24). The second kappa shape index (κ2) is 6.56. The normalized spacial score (nSPS) is 10.7. The molecule has 1 aromatic carbocycles. The van der Waals surface area contributed by atoms with Crippen molar-refractivity contribution < 1.29 is 14.0 Å². The summed E-state index contributed by atoms with van der Waals surface area (Å²) in [7, 11) is 1.71. The first kappa shape index (κ1) is 17.0. The van der Waals surface area contributed by atoms with Crippen LogP contribution in [0.3, 0.4) is 0 Å². The quantitative estimate of drug-likeness (QED) is 0.574. The molecule has 0 aliphatic rings. The number of aryl methyl sites for hydroxylation is 2. The van der Waals surface area contributed by atoms with Gasteiger partial charge < -0.3 is 0 Å². The van der Waals surface area contributed by atoms with E-state index in [-0.39, 0.29) is 10.9 Å². The molecule has 0 radical (unpaired) electrons. The number of halogens is 1. The van der Waals surface area contributed by atoms with Crippen molar-refractivity contribution in [3.05, 3.63) is 52.4 Å². The van der Waals surface area contributed by atoms with Crippen LogP contribution in [0.5, 0.6) is 0 Å². The average Bonchev–Trinajstić information content (AvgIpc) is 3.12. The Labute approximate surface area is 147 Å². The number of Topliss-reactive ketones (excluding diaryl/α,β-unsaturated/α-hetero) is 1. The Hall–Kier alpha value is -2.87. The van der Waals surface area contributed by atoms with Crippen LogP contribution in [0, 0.1) is 19.7 Å². The number of hydrogen-bond donors (Lipinski definition) is 1. The number of rotatable bonds is 4. The molecule has 6 nitrogen and oxygen atoms in total. The number of benzene rings is 1. The number of carbonyl (C=O) groups is 2. The van der Waals surface area contributed by atoms with Gasteiger partial charge in [0, 0.05) is 23.7 Å². The van der Waals surface area contributed by atoms with E-state index in [0.29, 0.717) is 28.2 Å². The summed E-state index contributed by atoms with van der Waals surface area (Å²) in [6.45, 7) is 3.41. The molecule has 8 heteroatoms. The lowest BCUT2D eigenvalue weighted by Crippen LogP contribution is -2.23. The zero-order valence-corrected chi connectivity index (χ0v) is 14.6. The number of aromatic nitrogens is 3. The van der Waals surface area contributed by atoms with Gasteiger partial charge in [-0.15, -0.1) is 11.3 Å². The molecule has 0 bridgehead atoms. The molecule has 1 amide bonds. The lowest BCUT2D eigenvalue weighted by atomic mass is 10.1. The highest BCUT2D eigenvalue weighted by Crippen LogP contribution is 2.25. The van der Waals surface area contributed by atoms with E-state index in [1.165, 1.54) is 23.5 Å². The van der Waals surface area contributed by atoms with Crippen molar-refractivity contribution in [3.63, 3.8) is 0 Å². The Balaban J connectivity index is 1.79. The molecule has 0 aliphatic heterocycles. The van der Waals surface area contributed by atoms with E-state index >= 15 is 0 Å². The predicted molar refractivity (Wildman–Crippen MR) is 93.2 cm³/mol. The number of nitrogens with one attached hydrogen (secondary N) is 1. The van der Waals surface area contributed by atoms with Crippen LogP contribution in [0.25, 0.3) is 11.3 Å². The molecular formula is C17H15FN4O2S. The van der Waals surface area contributed by atoms with Gasteiger partial charge in [-0.25, -0.2) is 9.37 Å². The van der Waals surface area contributed by atoms with Gasteiger partial charge in [0.1, 0.15) is 5.82 Å². The smallest absolute Gasteiger partial charge is 0.295 e. The molecule has 3 rings (SSSR count). The van der Waals surface area contributed by atoms with Crippen LogP contribution in [0.15, 0.2) is 29.6 Å². The maximum absolute atomic E-state index is 13.3. The van der Waals surface area contributed by atoms with E-state index in [1.807, 2.05) is 0 Å². The third kappa shape index (κ3) is 3.34. The topological polar surface area (TPSA) is 76.9 Å². The van der Waals surface area contributed by atoms with Gasteiger partial charge in [-0.1, -0.05) is 12.1 Å². The number of amides is 1. The second-order valence-electron chi connectivity index (χ2n) is 5.50. The summed E-state index contributed by atoms with van der Waals surface area (Å²) in [6.07, 6.45) is 0. The van der Waals surface area contributed by atoms with Crippen LogP contribution >= 0.6 is 11.3 Å². The SMILES string of the molecule is Cc1nn(C)c(C)c1C(=O)C(=O)Nc1nc(-c2cccc(F)c2)cs1. The fraction of sp³-hybridized carbons (Fsp3) is 0.176. The number of hydrogen-bond acceptors (Lipinski definition) is 5. The summed E-state index contributed by atoms with van der Waals surface area (Å²) in [6, 6.07) is 6.00. The van der Waals surface area contributed by atoms with E-state index < -0.39 is 11.7 Å². The minimum absolute atomic E-state index is 0.275. The molecule has 2 aromatic heterocycles. The van der Waals surface area contributed by atoms with Crippen molar-refractivity contribution in [1.29, 1.82) is 0 Å². The van der Waals surface area contributed by atoms with Crippen LogP contribution < -0.4 is 5.32 Å². The van der Waals surface area contributed by atoms with Crippen LogP contribution in [0.1, 0.15) is 21.7 Å². The summed E-state index contributed by atoms with van der Waals surface area (Å²) in [4.78, 5) is 28.9. The molecule has 0 saturated heterocycles. The molecule has 3 aromatic rings. The first-order valence-corrected chi connectivity index (χ1v) is 8.32. The van der Waals surface area contributed by atoms with Crippen LogP contribution in [0.4, 0.5) is 9.52 Å². The summed E-state index contributed by atoms with van der Waals surface area (Å²) in [5.41, 5.74) is 2.54. The van der Waals surface area contributed by atoms with E-state index in [2.05, 4.69) is 15.4 Å². The van der Waals surface area contributed by atoms with Crippen molar-refractivity contribution in [3.8, 4) is 11.3 Å². The van der Waals surface area contributed by atoms with Gasteiger partial charge in [0.2, 0.25) is 0 Å². The Morgan fingerprint density at radius 2 is 2.04 bits per heavy atom. The predicted octanol–water partition coefficient (Wildman–Crippen LogP) is 3.12. The number of ketones is 1. The fourth-order valence-corrected chi connectivity index (χ4v) is 3.20. The minimum Gasteiger partial charge on any atom is -0.295 e. The van der Waals surface area contributed by atoms with Gasteiger partial charge in [0.15, 0.2) is 5.13 Å². The van der Waals surface area contributed by atoms with Crippen molar-refractivity contribution in [1.82, 2.24) is 14.8 Å². The summed E-state index contributed by atoms with van der Waals surface area (Å²) in [5, 5.41) is 8.60. The molecule has 0 saturated carbocycles. The highest BCUT2D eigenvalue weighted by molar-refractivity contribution is 7.14. The van der Waals surface area contributed by atoms with E-state index in [9.17, 15) is 14.0 Å². The number of thiazole rings is 1.